The highest BCUT2D eigenvalue weighted by Gasteiger charge is 2.17. The third kappa shape index (κ3) is 6.50. The van der Waals surface area contributed by atoms with Gasteiger partial charge in [0.05, 0.1) is 5.69 Å². The summed E-state index contributed by atoms with van der Waals surface area (Å²) in [5, 5.41) is 20.4. The molecule has 2 aromatic heterocycles. The SMILES string of the molecule is CCCN(Cc1ccccc1)c1cc(NC(=O)Nc2cc(C)cc(C)c2)cc(-c2ccccc2-c2nnn[nH]2)n1. The summed E-state index contributed by atoms with van der Waals surface area (Å²) in [6.45, 7) is 7.65. The molecular formula is C31H32N8O. The van der Waals surface area contributed by atoms with Crippen molar-refractivity contribution in [3.63, 3.8) is 0 Å². The molecule has 0 unspecified atom stereocenters. The molecule has 0 bridgehead atoms. The van der Waals surface area contributed by atoms with E-state index in [9.17, 15) is 4.79 Å². The van der Waals surface area contributed by atoms with E-state index in [1.54, 1.807) is 0 Å². The average molecular weight is 533 g/mol. The van der Waals surface area contributed by atoms with Crippen LogP contribution < -0.4 is 15.5 Å². The summed E-state index contributed by atoms with van der Waals surface area (Å²) in [6.07, 6.45) is 0.940. The van der Waals surface area contributed by atoms with Gasteiger partial charge in [-0.05, 0) is 65.6 Å². The fourth-order valence-corrected chi connectivity index (χ4v) is 4.76. The van der Waals surface area contributed by atoms with Crippen LogP contribution in [0.25, 0.3) is 22.6 Å². The minimum Gasteiger partial charge on any atom is -0.352 e. The first-order chi connectivity index (χ1) is 19.5. The van der Waals surface area contributed by atoms with E-state index >= 15 is 0 Å². The molecule has 3 aromatic carbocycles. The van der Waals surface area contributed by atoms with Crippen molar-refractivity contribution in [2.45, 2.75) is 33.7 Å². The summed E-state index contributed by atoms with van der Waals surface area (Å²) in [5.41, 5.74) is 7.06. The molecule has 0 saturated carbocycles. The number of rotatable bonds is 9. The maximum Gasteiger partial charge on any atom is 0.323 e. The summed E-state index contributed by atoms with van der Waals surface area (Å²) in [6, 6.07) is 27.5. The molecule has 9 heteroatoms. The standard InChI is InChI=1S/C31H32N8O/c1-4-14-39(20-23-10-6-5-7-11-23)29-19-25(33-31(40)32-24-16-21(2)15-22(3)17-24)18-28(34-29)26-12-8-9-13-27(26)30-35-37-38-36-30/h5-13,15-19H,4,14,20H2,1-3H3,(H2,32,33,34,40)(H,35,36,37,38). The Labute approximate surface area is 233 Å². The first-order valence-corrected chi connectivity index (χ1v) is 13.3. The molecule has 2 heterocycles. The van der Waals surface area contributed by atoms with Gasteiger partial charge in [-0.2, -0.15) is 0 Å². The zero-order valence-corrected chi connectivity index (χ0v) is 22.8. The van der Waals surface area contributed by atoms with Crippen LogP contribution >= 0.6 is 0 Å². The highest BCUT2D eigenvalue weighted by molar-refractivity contribution is 6.00. The maximum atomic E-state index is 13.1. The first kappa shape index (κ1) is 26.6. The molecule has 0 fully saturated rings. The quantitative estimate of drug-likeness (QED) is 0.197. The molecule has 0 aliphatic rings. The van der Waals surface area contributed by atoms with E-state index in [2.05, 4.69) is 61.3 Å². The van der Waals surface area contributed by atoms with Crippen molar-refractivity contribution in [1.29, 1.82) is 0 Å². The number of aryl methyl sites for hydroxylation is 2. The van der Waals surface area contributed by atoms with Crippen LogP contribution in [0.2, 0.25) is 0 Å². The number of carbonyl (C=O) groups is 1. The van der Waals surface area contributed by atoms with E-state index in [0.717, 1.165) is 46.7 Å². The van der Waals surface area contributed by atoms with Gasteiger partial charge in [0.2, 0.25) is 0 Å². The van der Waals surface area contributed by atoms with E-state index in [-0.39, 0.29) is 6.03 Å². The molecule has 0 radical (unpaired) electrons. The number of benzene rings is 3. The molecule has 0 aliphatic carbocycles. The third-order valence-corrected chi connectivity index (χ3v) is 6.39. The van der Waals surface area contributed by atoms with Crippen molar-refractivity contribution in [1.82, 2.24) is 25.6 Å². The lowest BCUT2D eigenvalue weighted by molar-refractivity contribution is 0.262. The molecule has 2 amide bonds. The van der Waals surface area contributed by atoms with E-state index < -0.39 is 0 Å². The summed E-state index contributed by atoms with van der Waals surface area (Å²) in [4.78, 5) is 20.4. The zero-order chi connectivity index (χ0) is 27.9. The van der Waals surface area contributed by atoms with Crippen LogP contribution in [0, 0.1) is 13.8 Å². The Morgan fingerprint density at radius 2 is 1.52 bits per heavy atom. The molecule has 5 rings (SSSR count). The van der Waals surface area contributed by atoms with Crippen LogP contribution in [0.5, 0.6) is 0 Å². The molecule has 9 nitrogen and oxygen atoms in total. The van der Waals surface area contributed by atoms with Crippen LogP contribution in [-0.2, 0) is 6.54 Å². The topological polar surface area (TPSA) is 112 Å². The van der Waals surface area contributed by atoms with Crippen molar-refractivity contribution in [2.24, 2.45) is 0 Å². The highest BCUT2D eigenvalue weighted by atomic mass is 16.2. The van der Waals surface area contributed by atoms with E-state index in [1.165, 1.54) is 5.56 Å². The fourth-order valence-electron chi connectivity index (χ4n) is 4.76. The van der Waals surface area contributed by atoms with E-state index in [0.29, 0.717) is 23.8 Å². The van der Waals surface area contributed by atoms with Crippen LogP contribution in [0.15, 0.2) is 84.9 Å². The molecule has 0 aliphatic heterocycles. The number of nitrogens with one attached hydrogen (secondary N) is 3. The van der Waals surface area contributed by atoms with Crippen LogP contribution in [0.3, 0.4) is 0 Å². The average Bonchev–Trinajstić information content (AvgIpc) is 3.48. The number of hydrogen-bond acceptors (Lipinski definition) is 6. The molecule has 0 atom stereocenters. The zero-order valence-electron chi connectivity index (χ0n) is 22.8. The minimum absolute atomic E-state index is 0.328. The number of carbonyl (C=O) groups excluding carboxylic acids is 1. The number of urea groups is 1. The lowest BCUT2D eigenvalue weighted by Gasteiger charge is -2.25. The number of hydrogen-bond donors (Lipinski definition) is 3. The molecule has 0 saturated heterocycles. The lowest BCUT2D eigenvalue weighted by atomic mass is 10.0. The number of H-pyrrole nitrogens is 1. The number of anilines is 3. The van der Waals surface area contributed by atoms with Gasteiger partial charge in [-0.15, -0.1) is 5.10 Å². The maximum absolute atomic E-state index is 13.1. The van der Waals surface area contributed by atoms with Crippen LogP contribution in [-0.4, -0.2) is 38.2 Å². The number of aromatic amines is 1. The second-order valence-corrected chi connectivity index (χ2v) is 9.76. The van der Waals surface area contributed by atoms with Crippen molar-refractivity contribution >= 4 is 23.2 Å². The lowest BCUT2D eigenvalue weighted by Crippen LogP contribution is -2.25. The van der Waals surface area contributed by atoms with Crippen molar-refractivity contribution < 1.29 is 4.79 Å². The first-order valence-electron chi connectivity index (χ1n) is 13.3. The van der Waals surface area contributed by atoms with Crippen LogP contribution in [0.4, 0.5) is 22.0 Å². The second-order valence-electron chi connectivity index (χ2n) is 9.76. The predicted molar refractivity (Wildman–Crippen MR) is 159 cm³/mol. The Hall–Kier alpha value is -5.05. The molecule has 40 heavy (non-hydrogen) atoms. The molecule has 3 N–H and O–H groups in total. The molecule has 0 spiro atoms. The summed E-state index contributed by atoms with van der Waals surface area (Å²) >= 11 is 0. The van der Waals surface area contributed by atoms with Crippen LogP contribution in [0.1, 0.15) is 30.0 Å². The Balaban J connectivity index is 1.54. The van der Waals surface area contributed by atoms with Gasteiger partial charge in [-0.25, -0.2) is 14.9 Å². The summed E-state index contributed by atoms with van der Waals surface area (Å²) < 4.78 is 0. The van der Waals surface area contributed by atoms with E-state index in [1.807, 2.05) is 80.6 Å². The van der Waals surface area contributed by atoms with E-state index in [4.69, 9.17) is 4.98 Å². The van der Waals surface area contributed by atoms with Gasteiger partial charge in [0, 0.05) is 41.7 Å². The van der Waals surface area contributed by atoms with Crippen molar-refractivity contribution in [3.05, 3.63) is 102 Å². The second kappa shape index (κ2) is 12.2. The highest BCUT2D eigenvalue weighted by Crippen LogP contribution is 2.32. The van der Waals surface area contributed by atoms with Gasteiger partial charge in [0.25, 0.3) is 0 Å². The number of amides is 2. The predicted octanol–water partition coefficient (Wildman–Crippen LogP) is 6.61. The summed E-state index contributed by atoms with van der Waals surface area (Å²) in [7, 11) is 0. The number of nitrogens with zero attached hydrogens (tertiary/aromatic N) is 5. The molecule has 5 aromatic rings. The van der Waals surface area contributed by atoms with Gasteiger partial charge in [-0.3, -0.25) is 0 Å². The fraction of sp³-hybridized carbons (Fsp3) is 0.194. The van der Waals surface area contributed by atoms with Gasteiger partial charge in [0.15, 0.2) is 5.82 Å². The third-order valence-electron chi connectivity index (χ3n) is 6.39. The number of tetrazole rings is 1. The van der Waals surface area contributed by atoms with Gasteiger partial charge < -0.3 is 15.5 Å². The molecule has 202 valence electrons. The van der Waals surface area contributed by atoms with Gasteiger partial charge >= 0.3 is 6.03 Å². The Bertz CT molecular complexity index is 1560. The van der Waals surface area contributed by atoms with Gasteiger partial charge in [0.1, 0.15) is 5.82 Å². The Morgan fingerprint density at radius 1 is 0.850 bits per heavy atom. The Kier molecular flexibility index (Phi) is 8.10. The van der Waals surface area contributed by atoms with Crippen molar-refractivity contribution in [2.75, 3.05) is 22.1 Å². The Morgan fingerprint density at radius 3 is 2.20 bits per heavy atom. The summed E-state index contributed by atoms with van der Waals surface area (Å²) in [5.74, 6) is 1.30. The minimum atomic E-state index is -0.328. The molecular weight excluding hydrogens is 500 g/mol. The number of aromatic nitrogens is 5. The number of pyridine rings is 1. The monoisotopic (exact) mass is 532 g/mol. The smallest absolute Gasteiger partial charge is 0.323 e. The largest absolute Gasteiger partial charge is 0.352 e. The van der Waals surface area contributed by atoms with Gasteiger partial charge in [-0.1, -0.05) is 67.6 Å². The van der Waals surface area contributed by atoms with Crippen molar-refractivity contribution in [3.8, 4) is 22.6 Å². The normalized spacial score (nSPS) is 10.8.